The summed E-state index contributed by atoms with van der Waals surface area (Å²) in [4.78, 5) is 17.7. The van der Waals surface area contributed by atoms with Crippen LogP contribution in [0.15, 0.2) is 17.0 Å². The van der Waals surface area contributed by atoms with E-state index in [1.54, 1.807) is 7.11 Å². The second kappa shape index (κ2) is 5.86. The average molecular weight is 240 g/mol. The fraction of sp³-hybridized carbons (Fsp3) is 0.250. The van der Waals surface area contributed by atoms with Crippen LogP contribution in [0.2, 0.25) is 0 Å². The average Bonchev–Trinajstić information content (AvgIpc) is 2.65. The highest BCUT2D eigenvalue weighted by atomic mass is 32.1. The van der Waals surface area contributed by atoms with Gasteiger partial charge in [0.2, 0.25) is 0 Å². The Kier molecular flexibility index (Phi) is 4.46. The van der Waals surface area contributed by atoms with Gasteiger partial charge in [-0.15, -0.1) is 11.3 Å². The first kappa shape index (κ1) is 12.2. The van der Waals surface area contributed by atoms with Gasteiger partial charge in [0.15, 0.2) is 0 Å². The standard InChI is InChI=1S/C8H8N4O3S/c1-15-4-7-10-3-5(16-7)2-6(8(13)14)11-12-9/h2-3H,4H2,1H3,(H,13,14)/b6-2-. The van der Waals surface area contributed by atoms with E-state index in [2.05, 4.69) is 15.0 Å². The zero-order chi connectivity index (χ0) is 12.0. The molecule has 0 saturated heterocycles. The molecule has 84 valence electrons. The monoisotopic (exact) mass is 240 g/mol. The molecule has 0 radical (unpaired) electrons. The summed E-state index contributed by atoms with van der Waals surface area (Å²) in [6.45, 7) is 0.364. The Morgan fingerprint density at radius 1 is 1.88 bits per heavy atom. The van der Waals surface area contributed by atoms with Gasteiger partial charge in [0.05, 0.1) is 6.61 Å². The zero-order valence-electron chi connectivity index (χ0n) is 8.32. The smallest absolute Gasteiger partial charge is 0.338 e. The van der Waals surface area contributed by atoms with Crippen LogP contribution in [-0.4, -0.2) is 23.2 Å². The summed E-state index contributed by atoms with van der Waals surface area (Å²) in [5, 5.41) is 12.5. The molecule has 0 fully saturated rings. The molecule has 0 spiro atoms. The highest BCUT2D eigenvalue weighted by molar-refractivity contribution is 7.12. The molecule has 0 aliphatic rings. The largest absolute Gasteiger partial charge is 0.478 e. The van der Waals surface area contributed by atoms with Gasteiger partial charge in [0.25, 0.3) is 0 Å². The second-order valence-corrected chi connectivity index (χ2v) is 3.76. The van der Waals surface area contributed by atoms with E-state index < -0.39 is 5.97 Å². The number of aliphatic carboxylic acids is 1. The van der Waals surface area contributed by atoms with Gasteiger partial charge < -0.3 is 9.84 Å². The molecule has 1 rings (SSSR count). The van der Waals surface area contributed by atoms with Crippen LogP contribution in [0.25, 0.3) is 16.5 Å². The number of carboxylic acids is 1. The minimum Gasteiger partial charge on any atom is -0.478 e. The predicted octanol–water partition coefficient (Wildman–Crippen LogP) is 2.03. The van der Waals surface area contributed by atoms with Gasteiger partial charge in [0.1, 0.15) is 10.7 Å². The molecule has 1 heterocycles. The molecule has 1 aromatic rings. The summed E-state index contributed by atoms with van der Waals surface area (Å²) in [5.74, 6) is -1.28. The molecular formula is C8H8N4O3S. The van der Waals surface area contributed by atoms with E-state index in [0.717, 1.165) is 5.01 Å². The first-order valence-electron chi connectivity index (χ1n) is 4.11. The third-order valence-corrected chi connectivity index (χ3v) is 2.41. The molecule has 0 aliphatic carbocycles. The molecule has 0 unspecified atom stereocenters. The highest BCUT2D eigenvalue weighted by Gasteiger charge is 2.06. The second-order valence-electron chi connectivity index (χ2n) is 2.61. The van der Waals surface area contributed by atoms with Gasteiger partial charge in [-0.3, -0.25) is 0 Å². The third-order valence-electron chi connectivity index (χ3n) is 1.49. The molecule has 1 aromatic heterocycles. The van der Waals surface area contributed by atoms with Crippen molar-refractivity contribution in [3.05, 3.63) is 32.2 Å². The van der Waals surface area contributed by atoms with Gasteiger partial charge in [-0.25, -0.2) is 9.78 Å². The predicted molar refractivity (Wildman–Crippen MR) is 57.6 cm³/mol. The number of aromatic nitrogens is 1. The van der Waals surface area contributed by atoms with Crippen LogP contribution < -0.4 is 0 Å². The Bertz CT molecular complexity index is 458. The number of nitrogens with zero attached hydrogens (tertiary/aromatic N) is 4. The summed E-state index contributed by atoms with van der Waals surface area (Å²) in [7, 11) is 1.54. The molecule has 8 heteroatoms. The van der Waals surface area contributed by atoms with Crippen molar-refractivity contribution in [1.29, 1.82) is 0 Å². The number of carboxylic acid groups (broad SMARTS) is 1. The number of ether oxygens (including phenoxy) is 1. The molecule has 7 nitrogen and oxygen atoms in total. The van der Waals surface area contributed by atoms with Gasteiger partial charge in [-0.2, -0.15) is 0 Å². The number of hydrogen-bond donors (Lipinski definition) is 1. The molecular weight excluding hydrogens is 232 g/mol. The van der Waals surface area contributed by atoms with E-state index in [-0.39, 0.29) is 5.70 Å². The van der Waals surface area contributed by atoms with Crippen molar-refractivity contribution in [2.45, 2.75) is 6.61 Å². The van der Waals surface area contributed by atoms with E-state index in [1.807, 2.05) is 0 Å². The van der Waals surface area contributed by atoms with Crippen molar-refractivity contribution in [3.8, 4) is 0 Å². The number of azide groups is 1. The lowest BCUT2D eigenvalue weighted by Gasteiger charge is -1.90. The van der Waals surface area contributed by atoms with Crippen molar-refractivity contribution < 1.29 is 14.6 Å². The van der Waals surface area contributed by atoms with Crippen molar-refractivity contribution in [3.63, 3.8) is 0 Å². The maximum Gasteiger partial charge on any atom is 0.338 e. The van der Waals surface area contributed by atoms with Crippen LogP contribution in [0.4, 0.5) is 0 Å². The van der Waals surface area contributed by atoms with Crippen molar-refractivity contribution in [2.75, 3.05) is 7.11 Å². The fourth-order valence-corrected chi connectivity index (χ4v) is 1.73. The first-order chi connectivity index (χ1) is 7.67. The molecule has 0 saturated carbocycles. The van der Waals surface area contributed by atoms with Crippen LogP contribution in [-0.2, 0) is 16.1 Å². The van der Waals surface area contributed by atoms with Crippen LogP contribution in [0.1, 0.15) is 9.88 Å². The highest BCUT2D eigenvalue weighted by Crippen LogP contribution is 2.17. The van der Waals surface area contributed by atoms with Gasteiger partial charge in [-0.1, -0.05) is 5.11 Å². The van der Waals surface area contributed by atoms with Crippen LogP contribution in [0.3, 0.4) is 0 Å². The first-order valence-corrected chi connectivity index (χ1v) is 4.92. The van der Waals surface area contributed by atoms with Crippen LogP contribution in [0.5, 0.6) is 0 Å². The van der Waals surface area contributed by atoms with Crippen LogP contribution in [0, 0.1) is 0 Å². The summed E-state index contributed by atoms with van der Waals surface area (Å²) in [5.41, 5.74) is 7.81. The fourth-order valence-electron chi connectivity index (χ4n) is 0.898. The molecule has 0 aliphatic heterocycles. The number of thiazole rings is 1. The molecule has 0 atom stereocenters. The maximum atomic E-state index is 10.7. The number of carbonyl (C=O) groups is 1. The minimum atomic E-state index is -1.28. The van der Waals surface area contributed by atoms with Crippen LogP contribution >= 0.6 is 11.3 Å². The van der Waals surface area contributed by atoms with Gasteiger partial charge >= 0.3 is 5.97 Å². The van der Waals surface area contributed by atoms with E-state index in [1.165, 1.54) is 23.6 Å². The summed E-state index contributed by atoms with van der Waals surface area (Å²) >= 11 is 1.27. The molecule has 0 aromatic carbocycles. The van der Waals surface area contributed by atoms with Crippen molar-refractivity contribution in [2.24, 2.45) is 5.11 Å². The molecule has 0 amide bonds. The Morgan fingerprint density at radius 3 is 3.19 bits per heavy atom. The zero-order valence-corrected chi connectivity index (χ0v) is 9.14. The number of hydrogen-bond acceptors (Lipinski definition) is 5. The third kappa shape index (κ3) is 3.35. The van der Waals surface area contributed by atoms with Gasteiger partial charge in [0, 0.05) is 23.1 Å². The Labute approximate surface area is 94.6 Å². The molecule has 16 heavy (non-hydrogen) atoms. The summed E-state index contributed by atoms with van der Waals surface area (Å²) < 4.78 is 4.87. The van der Waals surface area contributed by atoms with Crippen molar-refractivity contribution >= 4 is 23.4 Å². The van der Waals surface area contributed by atoms with E-state index in [9.17, 15) is 4.79 Å². The van der Waals surface area contributed by atoms with Gasteiger partial charge in [-0.05, 0) is 11.6 Å². The lowest BCUT2D eigenvalue weighted by molar-refractivity contribution is -0.132. The SMILES string of the molecule is COCc1ncc(/C=C(\N=[N+]=[N-])C(=O)O)s1. The summed E-state index contributed by atoms with van der Waals surface area (Å²) in [6.07, 6.45) is 2.76. The maximum absolute atomic E-state index is 10.7. The van der Waals surface area contributed by atoms with E-state index in [0.29, 0.717) is 11.5 Å². The minimum absolute atomic E-state index is 0.364. The number of rotatable bonds is 5. The molecule has 1 N–H and O–H groups in total. The quantitative estimate of drug-likeness (QED) is 0.367. The summed E-state index contributed by atoms with van der Waals surface area (Å²) in [6, 6.07) is 0. The normalized spacial score (nSPS) is 10.9. The topological polar surface area (TPSA) is 108 Å². The van der Waals surface area contributed by atoms with Crippen molar-refractivity contribution in [1.82, 2.24) is 4.98 Å². The lowest BCUT2D eigenvalue weighted by Crippen LogP contribution is -1.95. The Balaban J connectivity index is 2.94. The number of methoxy groups -OCH3 is 1. The lowest BCUT2D eigenvalue weighted by atomic mass is 10.4. The Hall–Kier alpha value is -1.89. The van der Waals surface area contributed by atoms with E-state index in [4.69, 9.17) is 15.4 Å². The molecule has 0 bridgehead atoms. The Morgan fingerprint density at radius 2 is 2.62 bits per heavy atom. The van der Waals surface area contributed by atoms with E-state index >= 15 is 0 Å².